The normalized spacial score (nSPS) is 11.5. The van der Waals surface area contributed by atoms with E-state index in [0.29, 0.717) is 30.8 Å². The monoisotopic (exact) mass is 312 g/mol. The summed E-state index contributed by atoms with van der Waals surface area (Å²) >= 11 is 0. The van der Waals surface area contributed by atoms with E-state index in [1.54, 1.807) is 19.2 Å². The fraction of sp³-hybridized carbons (Fsp3) is 0.235. The van der Waals surface area contributed by atoms with Crippen molar-refractivity contribution >= 4 is 11.5 Å². The Morgan fingerprint density at radius 3 is 2.35 bits per heavy atom. The molecular weight excluding hydrogens is 292 g/mol. The molecule has 0 aliphatic carbocycles. The Hall–Kier alpha value is -2.73. The summed E-state index contributed by atoms with van der Waals surface area (Å²) < 4.78 is 0. The lowest BCUT2D eigenvalue weighted by Gasteiger charge is -2.06. The zero-order valence-corrected chi connectivity index (χ0v) is 13.0. The van der Waals surface area contributed by atoms with Crippen molar-refractivity contribution in [3.8, 4) is 0 Å². The molecule has 6 heteroatoms. The fourth-order valence-corrected chi connectivity index (χ4v) is 2.37. The average Bonchev–Trinajstić information content (AvgIpc) is 2.59. The van der Waals surface area contributed by atoms with Gasteiger partial charge >= 0.3 is 0 Å². The Balaban J connectivity index is 2.13. The molecule has 2 rings (SSSR count). The molecule has 0 heterocycles. The molecule has 0 aromatic heterocycles. The van der Waals surface area contributed by atoms with Crippen LogP contribution in [0.15, 0.2) is 47.5 Å². The number of nitrogens with two attached hydrogens (primary N) is 2. The van der Waals surface area contributed by atoms with E-state index in [-0.39, 0.29) is 10.6 Å². The van der Waals surface area contributed by atoms with Crippen LogP contribution in [0.1, 0.15) is 22.3 Å². The van der Waals surface area contributed by atoms with Gasteiger partial charge in [0.05, 0.1) is 4.92 Å². The molecule has 120 valence electrons. The molecule has 0 aliphatic heterocycles. The summed E-state index contributed by atoms with van der Waals surface area (Å²) in [4.78, 5) is 14.8. The van der Waals surface area contributed by atoms with E-state index in [2.05, 4.69) is 4.99 Å². The summed E-state index contributed by atoms with van der Waals surface area (Å²) in [5.74, 6) is 0.490. The van der Waals surface area contributed by atoms with Gasteiger partial charge in [-0.3, -0.25) is 15.1 Å². The highest BCUT2D eigenvalue weighted by Gasteiger charge is 2.14. The van der Waals surface area contributed by atoms with Gasteiger partial charge in [0.25, 0.3) is 5.69 Å². The number of rotatable bonds is 6. The van der Waals surface area contributed by atoms with Gasteiger partial charge in [0.15, 0.2) is 0 Å². The molecule has 6 nitrogen and oxygen atoms in total. The summed E-state index contributed by atoms with van der Waals surface area (Å²) in [5.41, 5.74) is 14.9. The van der Waals surface area contributed by atoms with E-state index in [1.807, 2.05) is 30.3 Å². The molecule has 2 aromatic rings. The van der Waals surface area contributed by atoms with Crippen molar-refractivity contribution in [2.45, 2.75) is 19.4 Å². The second kappa shape index (κ2) is 7.51. The van der Waals surface area contributed by atoms with Crippen molar-refractivity contribution in [3.05, 3.63) is 74.8 Å². The second-order valence-corrected chi connectivity index (χ2v) is 5.23. The summed E-state index contributed by atoms with van der Waals surface area (Å²) in [7, 11) is 1.65. The van der Waals surface area contributed by atoms with Gasteiger partial charge in [-0.25, -0.2) is 0 Å². The predicted octanol–water partition coefficient (Wildman–Crippen LogP) is 2.17. The zero-order chi connectivity index (χ0) is 16.8. The van der Waals surface area contributed by atoms with E-state index in [4.69, 9.17) is 11.5 Å². The molecule has 0 fully saturated rings. The summed E-state index contributed by atoms with van der Waals surface area (Å²) in [6, 6.07) is 12.9. The molecule has 0 saturated carbocycles. The average molecular weight is 312 g/mol. The number of nitro groups is 1. The molecule has 0 aliphatic rings. The molecular formula is C17H20N4O2. The lowest BCUT2D eigenvalue weighted by atomic mass is 10.0. The third kappa shape index (κ3) is 4.14. The molecule has 0 amide bonds. The first-order valence-electron chi connectivity index (χ1n) is 7.33. The van der Waals surface area contributed by atoms with Gasteiger partial charge in [0, 0.05) is 30.8 Å². The molecule has 0 saturated heterocycles. The number of aryl methyl sites for hydroxylation is 2. The number of nitrogens with zero attached hydrogens (tertiary/aromatic N) is 2. The Labute approximate surface area is 135 Å². The van der Waals surface area contributed by atoms with Gasteiger partial charge in [-0.1, -0.05) is 36.4 Å². The fourth-order valence-electron chi connectivity index (χ4n) is 2.37. The summed E-state index contributed by atoms with van der Waals surface area (Å²) in [5, 5.41) is 11.2. The minimum Gasteiger partial charge on any atom is -0.384 e. The maximum absolute atomic E-state index is 11.2. The Morgan fingerprint density at radius 1 is 1.13 bits per heavy atom. The van der Waals surface area contributed by atoms with Crippen LogP contribution in [-0.4, -0.2) is 17.8 Å². The number of nitro benzene ring substituents is 1. The van der Waals surface area contributed by atoms with Crippen molar-refractivity contribution in [2.75, 3.05) is 7.05 Å². The maximum atomic E-state index is 11.2. The van der Waals surface area contributed by atoms with Crippen LogP contribution >= 0.6 is 0 Å². The number of aliphatic imine (C=N–C) groups is 1. The van der Waals surface area contributed by atoms with Crippen molar-refractivity contribution in [1.82, 2.24) is 0 Å². The smallest absolute Gasteiger partial charge is 0.272 e. The first-order valence-corrected chi connectivity index (χ1v) is 7.33. The number of benzene rings is 2. The van der Waals surface area contributed by atoms with Crippen molar-refractivity contribution < 1.29 is 4.92 Å². The van der Waals surface area contributed by atoms with Crippen LogP contribution in [-0.2, 0) is 19.4 Å². The van der Waals surface area contributed by atoms with Gasteiger partial charge in [-0.05, 0) is 24.0 Å². The first kappa shape index (κ1) is 16.6. The highest BCUT2D eigenvalue weighted by atomic mass is 16.6. The van der Waals surface area contributed by atoms with Crippen molar-refractivity contribution in [1.29, 1.82) is 0 Å². The van der Waals surface area contributed by atoms with E-state index in [9.17, 15) is 10.1 Å². The van der Waals surface area contributed by atoms with Crippen molar-refractivity contribution in [3.63, 3.8) is 0 Å². The first-order chi connectivity index (χ1) is 11.0. The van der Waals surface area contributed by atoms with Crippen LogP contribution in [0.5, 0.6) is 0 Å². The molecule has 0 bridgehead atoms. The lowest BCUT2D eigenvalue weighted by molar-refractivity contribution is -0.385. The van der Waals surface area contributed by atoms with Gasteiger partial charge in [-0.2, -0.15) is 0 Å². The molecule has 23 heavy (non-hydrogen) atoms. The molecule has 0 atom stereocenters. The van der Waals surface area contributed by atoms with Crippen LogP contribution in [0.25, 0.3) is 0 Å². The SMILES string of the molecule is CN=C(N)c1ccc(CCc2ccc(CN)cc2[N+](=O)[O-])cc1. The highest BCUT2D eigenvalue weighted by molar-refractivity contribution is 5.97. The standard InChI is InChI=1S/C17H20N4O2/c1-20-17(19)15-8-3-12(4-9-15)2-6-14-7-5-13(11-18)10-16(14)21(22)23/h3-5,7-10H,2,6,11,18H2,1H3,(H2,19,20). The van der Waals surface area contributed by atoms with Gasteiger partial charge < -0.3 is 11.5 Å². The maximum Gasteiger partial charge on any atom is 0.272 e. The van der Waals surface area contributed by atoms with E-state index in [0.717, 1.165) is 16.7 Å². The number of hydrogen-bond donors (Lipinski definition) is 2. The van der Waals surface area contributed by atoms with Crippen LogP contribution in [0.2, 0.25) is 0 Å². The van der Waals surface area contributed by atoms with Crippen LogP contribution in [0.3, 0.4) is 0 Å². The van der Waals surface area contributed by atoms with E-state index < -0.39 is 0 Å². The minimum atomic E-state index is -0.351. The summed E-state index contributed by atoms with van der Waals surface area (Å²) in [6.07, 6.45) is 1.31. The number of hydrogen-bond acceptors (Lipinski definition) is 4. The molecule has 2 aromatic carbocycles. The van der Waals surface area contributed by atoms with Crippen LogP contribution in [0.4, 0.5) is 5.69 Å². The van der Waals surface area contributed by atoms with Gasteiger partial charge in [-0.15, -0.1) is 0 Å². The lowest BCUT2D eigenvalue weighted by Crippen LogP contribution is -2.12. The van der Waals surface area contributed by atoms with E-state index in [1.165, 1.54) is 0 Å². The third-order valence-electron chi connectivity index (χ3n) is 3.76. The van der Waals surface area contributed by atoms with Crippen LogP contribution in [0, 0.1) is 10.1 Å². The highest BCUT2D eigenvalue weighted by Crippen LogP contribution is 2.22. The van der Waals surface area contributed by atoms with E-state index >= 15 is 0 Å². The Morgan fingerprint density at radius 2 is 1.78 bits per heavy atom. The second-order valence-electron chi connectivity index (χ2n) is 5.23. The quantitative estimate of drug-likeness (QED) is 0.369. The van der Waals surface area contributed by atoms with Gasteiger partial charge in [0.1, 0.15) is 5.84 Å². The largest absolute Gasteiger partial charge is 0.384 e. The third-order valence-corrected chi connectivity index (χ3v) is 3.76. The molecule has 0 spiro atoms. The Bertz CT molecular complexity index is 724. The summed E-state index contributed by atoms with van der Waals surface area (Å²) in [6.45, 7) is 0.295. The zero-order valence-electron chi connectivity index (χ0n) is 13.0. The molecule has 0 radical (unpaired) electrons. The topological polar surface area (TPSA) is 108 Å². The Kier molecular flexibility index (Phi) is 5.43. The molecule has 4 N–H and O–H groups in total. The minimum absolute atomic E-state index is 0.131. The van der Waals surface area contributed by atoms with Gasteiger partial charge in [0.2, 0.25) is 0 Å². The van der Waals surface area contributed by atoms with Crippen molar-refractivity contribution in [2.24, 2.45) is 16.5 Å². The number of amidine groups is 1. The predicted molar refractivity (Wildman–Crippen MR) is 91.5 cm³/mol. The van der Waals surface area contributed by atoms with Crippen LogP contribution < -0.4 is 11.5 Å². The molecule has 0 unspecified atom stereocenters.